The Morgan fingerprint density at radius 1 is 0.653 bits per heavy atom. The Labute approximate surface area is 287 Å². The van der Waals surface area contributed by atoms with Crippen LogP contribution in [0.25, 0.3) is 50.5 Å². The molecule has 0 atom stereocenters. The first kappa shape index (κ1) is 30.9. The van der Waals surface area contributed by atoms with Gasteiger partial charge in [-0.1, -0.05) is 26.5 Å². The molecular weight excluding hydrogens is 606 g/mol. The number of nitrogens with one attached hydrogen (secondary N) is 3. The lowest BCUT2D eigenvalue weighted by Gasteiger charge is -2.33. The molecule has 2 saturated heterocycles. The molecule has 8 rings (SSSR count). The molecule has 0 amide bonds. The van der Waals surface area contributed by atoms with E-state index in [9.17, 15) is 0 Å². The van der Waals surface area contributed by atoms with E-state index in [0.29, 0.717) is 5.84 Å². The SMILES string of the molecule is C=C(c1ccc2nc(-c3ccc(Oc4ccc(-c5nc6ccc(C(=N)N7CCC(C)CC7)cc6[nH]5)cc4)cc3)[nH]c2c1)N1CCC(C)CC1. The predicted octanol–water partition coefficient (Wildman–Crippen LogP) is 9.33. The molecule has 3 N–H and O–H groups in total. The highest BCUT2D eigenvalue weighted by Gasteiger charge is 2.20. The summed E-state index contributed by atoms with van der Waals surface area (Å²) in [5.41, 5.74) is 8.90. The zero-order chi connectivity index (χ0) is 33.5. The van der Waals surface area contributed by atoms with Crippen LogP contribution in [0.5, 0.6) is 11.5 Å². The van der Waals surface area contributed by atoms with E-state index in [-0.39, 0.29) is 0 Å². The molecular formula is C41H43N7O. The lowest BCUT2D eigenvalue weighted by Crippen LogP contribution is -2.37. The second kappa shape index (κ2) is 12.9. The summed E-state index contributed by atoms with van der Waals surface area (Å²) in [5.74, 6) is 5.25. The number of benzene rings is 4. The number of hydrogen-bond donors (Lipinski definition) is 3. The third-order valence-electron chi connectivity index (χ3n) is 10.3. The van der Waals surface area contributed by atoms with Gasteiger partial charge < -0.3 is 24.5 Å². The lowest BCUT2D eigenvalue weighted by molar-refractivity contribution is 0.268. The third kappa shape index (κ3) is 6.43. The van der Waals surface area contributed by atoms with Crippen molar-refractivity contribution in [1.29, 1.82) is 5.41 Å². The van der Waals surface area contributed by atoms with Crippen LogP contribution in [0.3, 0.4) is 0 Å². The van der Waals surface area contributed by atoms with E-state index in [1.165, 1.54) is 12.8 Å². The molecule has 2 aliphatic heterocycles. The Bertz CT molecular complexity index is 1970. The molecule has 0 bridgehead atoms. The number of nitrogens with zero attached hydrogens (tertiary/aromatic N) is 4. The van der Waals surface area contributed by atoms with Crippen molar-refractivity contribution in [2.75, 3.05) is 26.2 Å². The summed E-state index contributed by atoms with van der Waals surface area (Å²) in [6, 6.07) is 28.4. The molecule has 2 fully saturated rings. The quantitative estimate of drug-likeness (QED) is 0.118. The second-order valence-corrected chi connectivity index (χ2v) is 13.9. The molecule has 2 aliphatic rings. The second-order valence-electron chi connectivity index (χ2n) is 13.9. The number of aromatic nitrogens is 4. The Kier molecular flexibility index (Phi) is 8.15. The molecule has 4 heterocycles. The van der Waals surface area contributed by atoms with Crippen LogP contribution in [0.2, 0.25) is 0 Å². The number of hydrogen-bond acceptors (Lipinski definition) is 5. The zero-order valence-electron chi connectivity index (χ0n) is 28.3. The monoisotopic (exact) mass is 649 g/mol. The highest BCUT2D eigenvalue weighted by atomic mass is 16.5. The summed E-state index contributed by atoms with van der Waals surface area (Å²) in [5, 5.41) is 8.75. The van der Waals surface area contributed by atoms with Gasteiger partial charge in [-0.15, -0.1) is 0 Å². The van der Waals surface area contributed by atoms with Crippen LogP contribution in [0, 0.1) is 17.2 Å². The van der Waals surface area contributed by atoms with Crippen molar-refractivity contribution >= 4 is 33.6 Å². The Hall–Kier alpha value is -5.37. The van der Waals surface area contributed by atoms with Gasteiger partial charge >= 0.3 is 0 Å². The topological polar surface area (TPSA) is 96.9 Å². The van der Waals surface area contributed by atoms with E-state index in [1.54, 1.807) is 0 Å². The van der Waals surface area contributed by atoms with Gasteiger partial charge in [-0.05, 0) is 122 Å². The molecule has 49 heavy (non-hydrogen) atoms. The van der Waals surface area contributed by atoms with Gasteiger partial charge in [-0.2, -0.15) is 0 Å². The van der Waals surface area contributed by atoms with Crippen molar-refractivity contribution in [3.8, 4) is 34.3 Å². The number of fused-ring (bicyclic) bond motifs is 2. The molecule has 0 aliphatic carbocycles. The van der Waals surface area contributed by atoms with Crippen molar-refractivity contribution in [3.63, 3.8) is 0 Å². The molecule has 4 aromatic carbocycles. The Balaban J connectivity index is 0.919. The maximum Gasteiger partial charge on any atom is 0.138 e. The standard InChI is InChI=1S/C41H43N7O/c1-26-16-20-47(21-17-26)28(3)31-8-14-35-37(24-31)45-40(43-35)29-4-10-33(11-5-29)49-34-12-6-30(7-13-34)41-44-36-15-9-32(25-38(36)46-41)39(42)48-22-18-27(2)19-23-48/h4-15,24-27,42H,3,16-23H2,1-2H3,(H,43,45)(H,44,46). The fourth-order valence-corrected chi connectivity index (χ4v) is 6.99. The number of amidine groups is 1. The van der Waals surface area contributed by atoms with Crippen LogP contribution >= 0.6 is 0 Å². The molecule has 8 nitrogen and oxygen atoms in total. The summed E-state index contributed by atoms with van der Waals surface area (Å²) in [6.45, 7) is 13.1. The normalized spacial score (nSPS) is 16.0. The number of ether oxygens (including phenoxy) is 1. The van der Waals surface area contributed by atoms with Crippen molar-refractivity contribution in [1.82, 2.24) is 29.7 Å². The number of imidazole rings is 2. The highest BCUT2D eigenvalue weighted by molar-refractivity contribution is 5.99. The summed E-state index contributed by atoms with van der Waals surface area (Å²) in [4.78, 5) is 21.2. The minimum Gasteiger partial charge on any atom is -0.457 e. The maximum absolute atomic E-state index is 8.75. The van der Waals surface area contributed by atoms with Crippen LogP contribution in [0.1, 0.15) is 50.7 Å². The fourth-order valence-electron chi connectivity index (χ4n) is 6.99. The lowest BCUT2D eigenvalue weighted by atomic mass is 9.98. The summed E-state index contributed by atoms with van der Waals surface area (Å²) >= 11 is 0. The fraction of sp³-hybridized carbons (Fsp3) is 0.293. The van der Waals surface area contributed by atoms with Crippen LogP contribution in [0.15, 0.2) is 91.5 Å². The Morgan fingerprint density at radius 3 is 1.61 bits per heavy atom. The molecule has 8 heteroatoms. The van der Waals surface area contributed by atoms with Gasteiger partial charge in [0.1, 0.15) is 29.0 Å². The van der Waals surface area contributed by atoms with E-state index in [2.05, 4.69) is 58.4 Å². The zero-order valence-corrected chi connectivity index (χ0v) is 28.3. The van der Waals surface area contributed by atoms with Gasteiger partial charge in [0, 0.05) is 48.6 Å². The number of likely N-dealkylation sites (tertiary alicyclic amines) is 2. The smallest absolute Gasteiger partial charge is 0.138 e. The van der Waals surface area contributed by atoms with E-state index in [4.69, 9.17) is 20.1 Å². The minimum atomic E-state index is 0.593. The van der Waals surface area contributed by atoms with Gasteiger partial charge in [0.15, 0.2) is 0 Å². The van der Waals surface area contributed by atoms with Gasteiger partial charge in [-0.25, -0.2) is 9.97 Å². The first-order valence-corrected chi connectivity index (χ1v) is 17.5. The number of aromatic amines is 2. The summed E-state index contributed by atoms with van der Waals surface area (Å²) < 4.78 is 6.19. The molecule has 2 aromatic heterocycles. The molecule has 0 saturated carbocycles. The summed E-state index contributed by atoms with van der Waals surface area (Å²) in [7, 11) is 0. The summed E-state index contributed by atoms with van der Waals surface area (Å²) in [6.07, 6.45) is 4.72. The van der Waals surface area contributed by atoms with Crippen LogP contribution < -0.4 is 4.74 Å². The van der Waals surface area contributed by atoms with Crippen LogP contribution in [-0.4, -0.2) is 61.8 Å². The number of H-pyrrole nitrogens is 2. The molecule has 6 aromatic rings. The number of piperidine rings is 2. The third-order valence-corrected chi connectivity index (χ3v) is 10.3. The van der Waals surface area contributed by atoms with Gasteiger partial charge in [0.25, 0.3) is 0 Å². The van der Waals surface area contributed by atoms with Gasteiger partial charge in [0.2, 0.25) is 0 Å². The molecule has 0 spiro atoms. The van der Waals surface area contributed by atoms with E-state index in [1.807, 2.05) is 66.7 Å². The van der Waals surface area contributed by atoms with Crippen molar-refractivity contribution in [2.45, 2.75) is 39.5 Å². The minimum absolute atomic E-state index is 0.593. The Morgan fingerprint density at radius 2 is 1.10 bits per heavy atom. The highest BCUT2D eigenvalue weighted by Crippen LogP contribution is 2.31. The number of rotatable bonds is 7. The average Bonchev–Trinajstić information content (AvgIpc) is 3.76. The van der Waals surface area contributed by atoms with Crippen molar-refractivity contribution < 1.29 is 4.74 Å². The average molecular weight is 650 g/mol. The van der Waals surface area contributed by atoms with Crippen molar-refractivity contribution in [2.24, 2.45) is 11.8 Å². The van der Waals surface area contributed by atoms with E-state index >= 15 is 0 Å². The largest absolute Gasteiger partial charge is 0.457 e. The predicted molar refractivity (Wildman–Crippen MR) is 199 cm³/mol. The first-order chi connectivity index (χ1) is 23.9. The maximum atomic E-state index is 8.75. The first-order valence-electron chi connectivity index (χ1n) is 17.5. The van der Waals surface area contributed by atoms with Crippen LogP contribution in [0.4, 0.5) is 0 Å². The molecule has 0 unspecified atom stereocenters. The van der Waals surface area contributed by atoms with E-state index < -0.39 is 0 Å². The van der Waals surface area contributed by atoms with E-state index in [0.717, 1.165) is 124 Å². The van der Waals surface area contributed by atoms with Crippen LogP contribution in [-0.2, 0) is 0 Å². The molecule has 248 valence electrons. The van der Waals surface area contributed by atoms with Gasteiger partial charge in [-0.3, -0.25) is 5.41 Å². The van der Waals surface area contributed by atoms with Gasteiger partial charge in [0.05, 0.1) is 22.1 Å². The molecule has 0 radical (unpaired) electrons. The van der Waals surface area contributed by atoms with Crippen molar-refractivity contribution in [3.05, 3.63) is 103 Å².